The van der Waals surface area contributed by atoms with E-state index in [1.165, 1.54) is 17.3 Å². The Morgan fingerprint density at radius 1 is 1.15 bits per heavy atom. The van der Waals surface area contributed by atoms with E-state index in [1.54, 1.807) is 4.90 Å². The summed E-state index contributed by atoms with van der Waals surface area (Å²) in [6, 6.07) is 7.99. The second kappa shape index (κ2) is 8.71. The third-order valence-electron chi connectivity index (χ3n) is 4.08. The Hall–Kier alpha value is -1.82. The summed E-state index contributed by atoms with van der Waals surface area (Å²) in [7, 11) is 0. The lowest BCUT2D eigenvalue weighted by Crippen LogP contribution is -2.38. The van der Waals surface area contributed by atoms with Crippen molar-refractivity contribution in [3.05, 3.63) is 29.8 Å². The molecule has 1 heterocycles. The maximum absolute atomic E-state index is 12.7. The Balaban J connectivity index is 2.03. The number of benzene rings is 1. The van der Waals surface area contributed by atoms with Gasteiger partial charge < -0.3 is 5.32 Å². The Kier molecular flexibility index (Phi) is 6.87. The van der Waals surface area contributed by atoms with Gasteiger partial charge in [-0.1, -0.05) is 37.7 Å². The molecule has 142 valence electrons. The lowest BCUT2D eigenvalue weighted by molar-refractivity contribution is -0.129. The largest absolute Gasteiger partial charge is 0.326 e. The molecule has 1 aliphatic heterocycles. The molecule has 1 aromatic rings. The highest BCUT2D eigenvalue weighted by molar-refractivity contribution is 8.15. The first-order valence-electron chi connectivity index (χ1n) is 9.16. The van der Waals surface area contributed by atoms with Gasteiger partial charge >= 0.3 is 0 Å². The van der Waals surface area contributed by atoms with Gasteiger partial charge in [-0.3, -0.25) is 19.5 Å². The van der Waals surface area contributed by atoms with Crippen LogP contribution in [0.4, 0.5) is 5.69 Å². The maximum atomic E-state index is 12.7. The molecule has 0 aromatic heterocycles. The van der Waals surface area contributed by atoms with Crippen LogP contribution in [-0.2, 0) is 9.59 Å². The molecule has 1 fully saturated rings. The van der Waals surface area contributed by atoms with Crippen LogP contribution in [0.1, 0.15) is 59.4 Å². The zero-order valence-corrected chi connectivity index (χ0v) is 17.3. The van der Waals surface area contributed by atoms with Gasteiger partial charge in [-0.05, 0) is 51.3 Å². The molecular formula is C20H29N3O2S. The number of amidine groups is 1. The van der Waals surface area contributed by atoms with Crippen LogP contribution in [-0.4, -0.2) is 39.2 Å². The fraction of sp³-hybridized carbons (Fsp3) is 0.550. The molecule has 0 bridgehead atoms. The van der Waals surface area contributed by atoms with Crippen molar-refractivity contribution in [3.8, 4) is 0 Å². The minimum Gasteiger partial charge on any atom is -0.326 e. The minimum atomic E-state index is -0.412. The fourth-order valence-corrected chi connectivity index (χ4v) is 4.12. The zero-order chi connectivity index (χ0) is 19.4. The smallest absolute Gasteiger partial charge is 0.242 e. The molecule has 1 unspecified atom stereocenters. The van der Waals surface area contributed by atoms with E-state index in [9.17, 15) is 9.59 Å². The van der Waals surface area contributed by atoms with E-state index in [1.807, 2.05) is 52.0 Å². The number of nitrogens with one attached hydrogen (secondary N) is 1. The fourth-order valence-electron chi connectivity index (χ4n) is 2.73. The molecule has 1 atom stereocenters. The lowest BCUT2D eigenvalue weighted by Gasteiger charge is -2.21. The topological polar surface area (TPSA) is 61.8 Å². The molecule has 0 saturated carbocycles. The lowest BCUT2D eigenvalue weighted by atomic mass is 10.0. The SMILES string of the molecule is CC(C)N=C1SC(CC(=O)Nc2ccc(C(C)C)cc2)C(=O)N1C(C)C. The van der Waals surface area contributed by atoms with Gasteiger partial charge in [0.05, 0.1) is 0 Å². The average molecular weight is 376 g/mol. The Bertz CT molecular complexity index is 681. The molecule has 1 aromatic carbocycles. The monoisotopic (exact) mass is 375 g/mol. The second-order valence-corrected chi connectivity index (χ2v) is 8.61. The number of aliphatic imine (C=N–C) groups is 1. The van der Waals surface area contributed by atoms with Gasteiger partial charge in [0, 0.05) is 24.2 Å². The number of hydrogen-bond acceptors (Lipinski definition) is 4. The number of carbonyl (C=O) groups excluding carboxylic acids is 2. The summed E-state index contributed by atoms with van der Waals surface area (Å²) in [5.41, 5.74) is 1.98. The molecule has 1 saturated heterocycles. The molecule has 0 spiro atoms. The summed E-state index contributed by atoms with van der Waals surface area (Å²) in [6.07, 6.45) is 0.149. The first-order chi connectivity index (χ1) is 12.2. The molecule has 6 heteroatoms. The maximum Gasteiger partial charge on any atom is 0.242 e. The Morgan fingerprint density at radius 3 is 2.27 bits per heavy atom. The van der Waals surface area contributed by atoms with Gasteiger partial charge in [-0.2, -0.15) is 0 Å². The van der Waals surface area contributed by atoms with Gasteiger partial charge in [-0.15, -0.1) is 0 Å². The van der Waals surface area contributed by atoms with Gasteiger partial charge in [0.2, 0.25) is 11.8 Å². The third kappa shape index (κ3) is 5.10. The van der Waals surface area contributed by atoms with Crippen molar-refractivity contribution in [2.24, 2.45) is 4.99 Å². The van der Waals surface area contributed by atoms with Crippen LogP contribution in [0.2, 0.25) is 0 Å². The van der Waals surface area contributed by atoms with E-state index in [0.717, 1.165) is 10.9 Å². The number of amides is 2. The number of carbonyl (C=O) groups is 2. The van der Waals surface area contributed by atoms with Crippen molar-refractivity contribution in [2.45, 2.75) is 71.2 Å². The van der Waals surface area contributed by atoms with Crippen molar-refractivity contribution >= 4 is 34.4 Å². The van der Waals surface area contributed by atoms with Gasteiger partial charge in [0.15, 0.2) is 5.17 Å². The predicted molar refractivity (Wildman–Crippen MR) is 110 cm³/mol. The van der Waals surface area contributed by atoms with E-state index in [2.05, 4.69) is 24.2 Å². The number of anilines is 1. The van der Waals surface area contributed by atoms with Crippen LogP contribution in [0, 0.1) is 0 Å². The third-order valence-corrected chi connectivity index (χ3v) is 5.25. The highest BCUT2D eigenvalue weighted by Crippen LogP contribution is 2.32. The van der Waals surface area contributed by atoms with Crippen molar-refractivity contribution in [2.75, 3.05) is 5.32 Å². The van der Waals surface area contributed by atoms with E-state index in [0.29, 0.717) is 5.92 Å². The molecule has 1 N–H and O–H groups in total. The highest BCUT2D eigenvalue weighted by Gasteiger charge is 2.40. The first kappa shape index (κ1) is 20.5. The van der Waals surface area contributed by atoms with E-state index < -0.39 is 5.25 Å². The Labute approximate surface area is 160 Å². The van der Waals surface area contributed by atoms with Crippen LogP contribution >= 0.6 is 11.8 Å². The van der Waals surface area contributed by atoms with E-state index >= 15 is 0 Å². The number of thioether (sulfide) groups is 1. The number of nitrogens with zero attached hydrogens (tertiary/aromatic N) is 2. The van der Waals surface area contributed by atoms with Crippen molar-refractivity contribution in [1.29, 1.82) is 0 Å². The molecular weight excluding hydrogens is 346 g/mol. The summed E-state index contributed by atoms with van der Waals surface area (Å²) in [5.74, 6) is 0.269. The molecule has 5 nitrogen and oxygen atoms in total. The summed E-state index contributed by atoms with van der Waals surface area (Å²) in [4.78, 5) is 31.4. The van der Waals surface area contributed by atoms with E-state index in [-0.39, 0.29) is 30.3 Å². The van der Waals surface area contributed by atoms with Crippen molar-refractivity contribution < 1.29 is 9.59 Å². The van der Waals surface area contributed by atoms with Crippen molar-refractivity contribution in [3.63, 3.8) is 0 Å². The Morgan fingerprint density at radius 2 is 1.77 bits per heavy atom. The van der Waals surface area contributed by atoms with Crippen LogP contribution in [0.5, 0.6) is 0 Å². The summed E-state index contributed by atoms with van der Waals surface area (Å²) < 4.78 is 0. The zero-order valence-electron chi connectivity index (χ0n) is 16.4. The van der Waals surface area contributed by atoms with Gasteiger partial charge in [0.1, 0.15) is 5.25 Å². The second-order valence-electron chi connectivity index (χ2n) is 7.44. The van der Waals surface area contributed by atoms with Gasteiger partial charge in [0.25, 0.3) is 0 Å². The van der Waals surface area contributed by atoms with Crippen LogP contribution in [0.3, 0.4) is 0 Å². The minimum absolute atomic E-state index is 0.0316. The summed E-state index contributed by atoms with van der Waals surface area (Å²) in [6.45, 7) is 12.2. The molecule has 0 aliphatic carbocycles. The predicted octanol–water partition coefficient (Wildman–Crippen LogP) is 4.26. The highest BCUT2D eigenvalue weighted by atomic mass is 32.2. The molecule has 2 amide bonds. The number of hydrogen-bond donors (Lipinski definition) is 1. The normalized spacial score (nSPS) is 19.3. The van der Waals surface area contributed by atoms with Crippen LogP contribution < -0.4 is 5.32 Å². The van der Waals surface area contributed by atoms with E-state index in [4.69, 9.17) is 0 Å². The quantitative estimate of drug-likeness (QED) is 0.808. The molecule has 0 radical (unpaired) electrons. The molecule has 2 rings (SSSR count). The number of rotatable bonds is 6. The van der Waals surface area contributed by atoms with Crippen molar-refractivity contribution in [1.82, 2.24) is 4.90 Å². The molecule has 1 aliphatic rings. The summed E-state index contributed by atoms with van der Waals surface area (Å²) >= 11 is 1.39. The standard InChI is InChI=1S/C20H29N3O2S/c1-12(2)15-7-9-16(10-8-15)22-18(24)11-17-19(25)23(14(5)6)20(26-17)21-13(3)4/h7-10,12-14,17H,11H2,1-6H3,(H,22,24). The summed E-state index contributed by atoms with van der Waals surface area (Å²) in [5, 5.41) is 3.20. The van der Waals surface area contributed by atoms with Crippen LogP contribution in [0.25, 0.3) is 0 Å². The first-order valence-corrected chi connectivity index (χ1v) is 10.0. The average Bonchev–Trinajstić information content (AvgIpc) is 2.82. The molecule has 26 heavy (non-hydrogen) atoms. The van der Waals surface area contributed by atoms with Crippen LogP contribution in [0.15, 0.2) is 29.3 Å². The van der Waals surface area contributed by atoms with Gasteiger partial charge in [-0.25, -0.2) is 0 Å².